The largest absolute Gasteiger partial charge is 0.296 e. The second-order valence-electron chi connectivity index (χ2n) is 3.40. The lowest BCUT2D eigenvalue weighted by molar-refractivity contribution is 0.495. The van der Waals surface area contributed by atoms with E-state index in [0.29, 0.717) is 6.04 Å². The first-order chi connectivity index (χ1) is 6.27. The van der Waals surface area contributed by atoms with Crippen LogP contribution >= 0.6 is 11.6 Å². The molecule has 0 N–H and O–H groups in total. The van der Waals surface area contributed by atoms with Crippen LogP contribution in [-0.2, 0) is 0 Å². The summed E-state index contributed by atoms with van der Waals surface area (Å²) < 4.78 is 1.69. The zero-order chi connectivity index (χ0) is 9.26. The van der Waals surface area contributed by atoms with E-state index in [0.717, 1.165) is 12.8 Å². The molecule has 0 aromatic carbocycles. The first kappa shape index (κ1) is 8.75. The van der Waals surface area contributed by atoms with Crippen molar-refractivity contribution >= 4 is 11.6 Å². The van der Waals surface area contributed by atoms with Gasteiger partial charge in [-0.3, -0.25) is 9.36 Å². The van der Waals surface area contributed by atoms with Gasteiger partial charge in [0.25, 0.3) is 5.56 Å². The Bertz CT molecular complexity index is 355. The van der Waals surface area contributed by atoms with Gasteiger partial charge in [0.15, 0.2) is 0 Å². The Morgan fingerprint density at radius 1 is 1.46 bits per heavy atom. The van der Waals surface area contributed by atoms with Gasteiger partial charge in [0.2, 0.25) is 0 Å². The molecule has 0 saturated heterocycles. The predicted octanol–water partition coefficient (Wildman–Crippen LogP) is 2.01. The van der Waals surface area contributed by atoms with Crippen LogP contribution in [-0.4, -0.2) is 9.55 Å². The standard InChI is InChI=1S/C9H11ClN2O/c10-8-5-9(13)12(6-11-8)7-3-1-2-4-7/h5-7H,1-4H2. The predicted molar refractivity (Wildman–Crippen MR) is 51.0 cm³/mol. The molecule has 0 unspecified atom stereocenters. The molecule has 4 heteroatoms. The molecular weight excluding hydrogens is 188 g/mol. The van der Waals surface area contributed by atoms with Gasteiger partial charge in [-0.25, -0.2) is 4.98 Å². The lowest BCUT2D eigenvalue weighted by Crippen LogP contribution is -2.22. The van der Waals surface area contributed by atoms with Crippen LogP contribution in [0.3, 0.4) is 0 Å². The summed E-state index contributed by atoms with van der Waals surface area (Å²) in [7, 11) is 0. The van der Waals surface area contributed by atoms with E-state index in [-0.39, 0.29) is 10.7 Å². The molecular formula is C9H11ClN2O. The zero-order valence-corrected chi connectivity index (χ0v) is 8.00. The van der Waals surface area contributed by atoms with Gasteiger partial charge in [-0.15, -0.1) is 0 Å². The van der Waals surface area contributed by atoms with Crippen molar-refractivity contribution in [1.82, 2.24) is 9.55 Å². The second kappa shape index (κ2) is 3.50. The summed E-state index contributed by atoms with van der Waals surface area (Å²) in [6, 6.07) is 1.72. The highest BCUT2D eigenvalue weighted by atomic mass is 35.5. The molecule has 1 aliphatic carbocycles. The van der Waals surface area contributed by atoms with Crippen LogP contribution in [0.15, 0.2) is 17.2 Å². The average molecular weight is 199 g/mol. The quantitative estimate of drug-likeness (QED) is 0.647. The lowest BCUT2D eigenvalue weighted by Gasteiger charge is -2.11. The third kappa shape index (κ3) is 1.75. The van der Waals surface area contributed by atoms with Crippen LogP contribution in [0.5, 0.6) is 0 Å². The maximum absolute atomic E-state index is 11.5. The summed E-state index contributed by atoms with van der Waals surface area (Å²) >= 11 is 5.60. The molecule has 3 nitrogen and oxygen atoms in total. The fourth-order valence-corrected chi connectivity index (χ4v) is 1.98. The molecule has 1 aliphatic rings. The number of hydrogen-bond acceptors (Lipinski definition) is 2. The van der Waals surface area contributed by atoms with Crippen molar-refractivity contribution in [2.45, 2.75) is 31.7 Å². The van der Waals surface area contributed by atoms with Gasteiger partial charge in [-0.1, -0.05) is 24.4 Å². The molecule has 0 bridgehead atoms. The molecule has 0 amide bonds. The molecule has 1 aromatic rings. The summed E-state index contributed by atoms with van der Waals surface area (Å²) in [4.78, 5) is 15.4. The number of rotatable bonds is 1. The minimum atomic E-state index is -0.0353. The summed E-state index contributed by atoms with van der Waals surface area (Å²) in [6.45, 7) is 0. The van der Waals surface area contributed by atoms with Crippen molar-refractivity contribution in [3.63, 3.8) is 0 Å². The number of nitrogens with zero attached hydrogens (tertiary/aromatic N) is 2. The Morgan fingerprint density at radius 3 is 2.77 bits per heavy atom. The van der Waals surface area contributed by atoms with E-state index >= 15 is 0 Å². The van der Waals surface area contributed by atoms with Gasteiger partial charge in [0, 0.05) is 12.1 Å². The minimum Gasteiger partial charge on any atom is -0.296 e. The molecule has 0 aliphatic heterocycles. The monoisotopic (exact) mass is 198 g/mol. The third-order valence-electron chi connectivity index (χ3n) is 2.52. The van der Waals surface area contributed by atoms with Gasteiger partial charge >= 0.3 is 0 Å². The Balaban J connectivity index is 2.34. The van der Waals surface area contributed by atoms with E-state index in [1.54, 1.807) is 10.9 Å². The van der Waals surface area contributed by atoms with Gasteiger partial charge < -0.3 is 0 Å². The Labute approximate surface area is 81.4 Å². The second-order valence-corrected chi connectivity index (χ2v) is 3.78. The van der Waals surface area contributed by atoms with Crippen LogP contribution in [0.2, 0.25) is 5.15 Å². The van der Waals surface area contributed by atoms with Gasteiger partial charge in [0.1, 0.15) is 5.15 Å². The molecule has 2 rings (SSSR count). The number of aromatic nitrogens is 2. The SMILES string of the molecule is O=c1cc(Cl)ncn1C1CCCC1. The fourth-order valence-electron chi connectivity index (χ4n) is 1.84. The van der Waals surface area contributed by atoms with Crippen molar-refractivity contribution < 1.29 is 0 Å². The molecule has 1 aromatic heterocycles. The molecule has 0 radical (unpaired) electrons. The van der Waals surface area contributed by atoms with Crippen molar-refractivity contribution in [3.8, 4) is 0 Å². The highest BCUT2D eigenvalue weighted by Crippen LogP contribution is 2.27. The van der Waals surface area contributed by atoms with Gasteiger partial charge in [-0.05, 0) is 12.8 Å². The molecule has 1 saturated carbocycles. The fraction of sp³-hybridized carbons (Fsp3) is 0.556. The average Bonchev–Trinajstić information content (AvgIpc) is 2.56. The Morgan fingerprint density at radius 2 is 2.15 bits per heavy atom. The Kier molecular flexibility index (Phi) is 2.36. The van der Waals surface area contributed by atoms with Crippen LogP contribution in [0.25, 0.3) is 0 Å². The van der Waals surface area contributed by atoms with Gasteiger partial charge in [0.05, 0.1) is 6.33 Å². The van der Waals surface area contributed by atoms with Crippen molar-refractivity contribution in [3.05, 3.63) is 27.9 Å². The van der Waals surface area contributed by atoms with Crippen molar-refractivity contribution in [1.29, 1.82) is 0 Å². The smallest absolute Gasteiger partial charge is 0.255 e. The lowest BCUT2D eigenvalue weighted by atomic mass is 10.2. The first-order valence-corrected chi connectivity index (χ1v) is 4.89. The van der Waals surface area contributed by atoms with Crippen LogP contribution in [0, 0.1) is 0 Å². The molecule has 13 heavy (non-hydrogen) atoms. The zero-order valence-electron chi connectivity index (χ0n) is 7.24. The normalized spacial score (nSPS) is 17.9. The third-order valence-corrected chi connectivity index (χ3v) is 2.73. The van der Waals surface area contributed by atoms with E-state index in [1.165, 1.54) is 18.9 Å². The molecule has 1 heterocycles. The van der Waals surface area contributed by atoms with E-state index in [9.17, 15) is 4.79 Å². The topological polar surface area (TPSA) is 34.9 Å². The summed E-state index contributed by atoms with van der Waals surface area (Å²) in [5.74, 6) is 0. The highest BCUT2D eigenvalue weighted by molar-refractivity contribution is 6.29. The minimum absolute atomic E-state index is 0.0353. The number of halogens is 1. The molecule has 0 spiro atoms. The van der Waals surface area contributed by atoms with E-state index < -0.39 is 0 Å². The van der Waals surface area contributed by atoms with Gasteiger partial charge in [-0.2, -0.15) is 0 Å². The van der Waals surface area contributed by atoms with Crippen molar-refractivity contribution in [2.24, 2.45) is 0 Å². The van der Waals surface area contributed by atoms with Crippen LogP contribution in [0.4, 0.5) is 0 Å². The Hall–Kier alpha value is -0.830. The van der Waals surface area contributed by atoms with E-state index in [2.05, 4.69) is 4.98 Å². The van der Waals surface area contributed by atoms with Crippen LogP contribution in [0.1, 0.15) is 31.7 Å². The first-order valence-electron chi connectivity index (χ1n) is 4.51. The highest BCUT2D eigenvalue weighted by Gasteiger charge is 2.17. The molecule has 1 fully saturated rings. The molecule has 70 valence electrons. The maximum Gasteiger partial charge on any atom is 0.255 e. The van der Waals surface area contributed by atoms with E-state index in [4.69, 9.17) is 11.6 Å². The summed E-state index contributed by atoms with van der Waals surface area (Å²) in [6.07, 6.45) is 6.15. The van der Waals surface area contributed by atoms with Crippen molar-refractivity contribution in [2.75, 3.05) is 0 Å². The number of hydrogen-bond donors (Lipinski definition) is 0. The molecule has 0 atom stereocenters. The maximum atomic E-state index is 11.5. The van der Waals surface area contributed by atoms with Crippen LogP contribution < -0.4 is 5.56 Å². The summed E-state index contributed by atoms with van der Waals surface area (Å²) in [5, 5.41) is 0.277. The summed E-state index contributed by atoms with van der Waals surface area (Å²) in [5.41, 5.74) is -0.0353. The van der Waals surface area contributed by atoms with E-state index in [1.807, 2.05) is 0 Å².